The van der Waals surface area contributed by atoms with E-state index in [1.54, 1.807) is 0 Å². The number of hydrogen-bond acceptors (Lipinski definition) is 3. The summed E-state index contributed by atoms with van der Waals surface area (Å²) < 4.78 is 5.52. The number of amides is 1. The van der Waals surface area contributed by atoms with Crippen molar-refractivity contribution in [1.82, 2.24) is 5.32 Å². The van der Waals surface area contributed by atoms with Crippen molar-refractivity contribution in [3.05, 3.63) is 29.3 Å². The molecule has 0 heterocycles. The van der Waals surface area contributed by atoms with E-state index in [0.717, 1.165) is 16.9 Å². The highest BCUT2D eigenvalue weighted by molar-refractivity contribution is 5.77. The van der Waals surface area contributed by atoms with E-state index < -0.39 is 0 Å². The molecule has 1 aromatic carbocycles. The SMILES string of the molecule is Cc1cccc(C)c1OCC(=O)N[C@@H](C)CN. The maximum Gasteiger partial charge on any atom is 0.258 e. The summed E-state index contributed by atoms with van der Waals surface area (Å²) in [5, 5.41) is 2.75. The summed E-state index contributed by atoms with van der Waals surface area (Å²) in [6.07, 6.45) is 0. The first-order chi connectivity index (χ1) is 8.04. The van der Waals surface area contributed by atoms with E-state index in [0.29, 0.717) is 6.54 Å². The molecule has 0 unspecified atom stereocenters. The molecular formula is C13H20N2O2. The van der Waals surface area contributed by atoms with Crippen LogP contribution in [0.25, 0.3) is 0 Å². The van der Waals surface area contributed by atoms with Crippen LogP contribution in [0.4, 0.5) is 0 Å². The van der Waals surface area contributed by atoms with Gasteiger partial charge in [-0.2, -0.15) is 0 Å². The molecule has 4 heteroatoms. The zero-order valence-corrected chi connectivity index (χ0v) is 10.6. The Morgan fingerprint density at radius 2 is 2.00 bits per heavy atom. The highest BCUT2D eigenvalue weighted by Crippen LogP contribution is 2.21. The Balaban J connectivity index is 2.53. The van der Waals surface area contributed by atoms with Crippen molar-refractivity contribution in [2.45, 2.75) is 26.8 Å². The van der Waals surface area contributed by atoms with Gasteiger partial charge in [-0.25, -0.2) is 0 Å². The monoisotopic (exact) mass is 236 g/mol. The van der Waals surface area contributed by atoms with Crippen LogP contribution in [0.1, 0.15) is 18.1 Å². The first kappa shape index (κ1) is 13.5. The zero-order chi connectivity index (χ0) is 12.8. The molecule has 17 heavy (non-hydrogen) atoms. The molecule has 0 aromatic heterocycles. The van der Waals surface area contributed by atoms with E-state index >= 15 is 0 Å². The second-order valence-electron chi connectivity index (χ2n) is 4.21. The van der Waals surface area contributed by atoms with Crippen LogP contribution in [0, 0.1) is 13.8 Å². The van der Waals surface area contributed by atoms with E-state index in [2.05, 4.69) is 5.32 Å². The first-order valence-corrected chi connectivity index (χ1v) is 5.73. The third-order valence-electron chi connectivity index (χ3n) is 2.52. The number of carbonyl (C=O) groups excluding carboxylic acids is 1. The van der Waals surface area contributed by atoms with Gasteiger partial charge < -0.3 is 15.8 Å². The van der Waals surface area contributed by atoms with Gasteiger partial charge >= 0.3 is 0 Å². The molecule has 0 spiro atoms. The number of carbonyl (C=O) groups is 1. The van der Waals surface area contributed by atoms with Crippen molar-refractivity contribution in [3.8, 4) is 5.75 Å². The molecule has 0 saturated heterocycles. The minimum Gasteiger partial charge on any atom is -0.483 e. The summed E-state index contributed by atoms with van der Waals surface area (Å²) in [4.78, 5) is 11.5. The minimum atomic E-state index is -0.148. The predicted octanol–water partition coefficient (Wildman–Crippen LogP) is 1.15. The van der Waals surface area contributed by atoms with E-state index in [1.807, 2.05) is 39.0 Å². The average Bonchev–Trinajstić information content (AvgIpc) is 2.28. The van der Waals surface area contributed by atoms with Gasteiger partial charge in [0.25, 0.3) is 5.91 Å². The number of para-hydroxylation sites is 1. The third-order valence-corrected chi connectivity index (χ3v) is 2.52. The number of nitrogens with one attached hydrogen (secondary N) is 1. The van der Waals surface area contributed by atoms with E-state index in [1.165, 1.54) is 0 Å². The number of aryl methyl sites for hydroxylation is 2. The summed E-state index contributed by atoms with van der Waals surface area (Å²) in [5.41, 5.74) is 7.48. The summed E-state index contributed by atoms with van der Waals surface area (Å²) in [6, 6.07) is 5.86. The standard InChI is InChI=1S/C13H20N2O2/c1-9-5-4-6-10(2)13(9)17-8-12(16)15-11(3)7-14/h4-6,11H,7-8,14H2,1-3H3,(H,15,16)/t11-/m0/s1. The fourth-order valence-corrected chi connectivity index (χ4v) is 1.54. The Labute approximate surface area is 102 Å². The van der Waals surface area contributed by atoms with Gasteiger partial charge in [-0.1, -0.05) is 18.2 Å². The van der Waals surface area contributed by atoms with Crippen LogP contribution in [-0.4, -0.2) is 25.1 Å². The predicted molar refractivity (Wildman–Crippen MR) is 68.1 cm³/mol. The summed E-state index contributed by atoms with van der Waals surface area (Å²) in [5.74, 6) is 0.633. The largest absolute Gasteiger partial charge is 0.483 e. The molecule has 0 aliphatic rings. The number of hydrogen-bond donors (Lipinski definition) is 2. The Morgan fingerprint density at radius 1 is 1.41 bits per heavy atom. The van der Waals surface area contributed by atoms with Crippen molar-refractivity contribution in [3.63, 3.8) is 0 Å². The lowest BCUT2D eigenvalue weighted by molar-refractivity contribution is -0.123. The van der Waals surface area contributed by atoms with E-state index in [-0.39, 0.29) is 18.6 Å². The van der Waals surface area contributed by atoms with Crippen molar-refractivity contribution in [1.29, 1.82) is 0 Å². The molecular weight excluding hydrogens is 216 g/mol. The van der Waals surface area contributed by atoms with Crippen LogP contribution < -0.4 is 15.8 Å². The molecule has 3 N–H and O–H groups in total. The van der Waals surface area contributed by atoms with Crippen molar-refractivity contribution in [2.24, 2.45) is 5.73 Å². The molecule has 1 amide bonds. The molecule has 0 aliphatic carbocycles. The lowest BCUT2D eigenvalue weighted by Gasteiger charge is -2.14. The van der Waals surface area contributed by atoms with Crippen molar-refractivity contribution >= 4 is 5.91 Å². The van der Waals surface area contributed by atoms with Gasteiger partial charge in [0.15, 0.2) is 6.61 Å². The molecule has 1 aromatic rings. The van der Waals surface area contributed by atoms with Gasteiger partial charge in [-0.3, -0.25) is 4.79 Å². The van der Waals surface area contributed by atoms with Crippen molar-refractivity contribution in [2.75, 3.05) is 13.2 Å². The fraction of sp³-hybridized carbons (Fsp3) is 0.462. The topological polar surface area (TPSA) is 64.3 Å². The van der Waals surface area contributed by atoms with E-state index in [4.69, 9.17) is 10.5 Å². The number of ether oxygens (including phenoxy) is 1. The second-order valence-corrected chi connectivity index (χ2v) is 4.21. The molecule has 1 rings (SSSR count). The summed E-state index contributed by atoms with van der Waals surface area (Å²) >= 11 is 0. The summed E-state index contributed by atoms with van der Waals surface area (Å²) in [7, 11) is 0. The molecule has 94 valence electrons. The quantitative estimate of drug-likeness (QED) is 0.806. The Bertz CT molecular complexity index is 371. The lowest BCUT2D eigenvalue weighted by atomic mass is 10.1. The molecule has 1 atom stereocenters. The third kappa shape index (κ3) is 4.07. The van der Waals surface area contributed by atoms with Gasteiger partial charge in [-0.15, -0.1) is 0 Å². The van der Waals surface area contributed by atoms with Gasteiger partial charge in [-0.05, 0) is 31.9 Å². The normalized spacial score (nSPS) is 12.0. The highest BCUT2D eigenvalue weighted by Gasteiger charge is 2.08. The molecule has 0 aliphatic heterocycles. The molecule has 0 radical (unpaired) electrons. The summed E-state index contributed by atoms with van der Waals surface area (Å²) in [6.45, 7) is 6.23. The van der Waals surface area contributed by atoms with Crippen LogP contribution in [0.2, 0.25) is 0 Å². The van der Waals surface area contributed by atoms with Gasteiger partial charge in [0.05, 0.1) is 0 Å². The molecule has 4 nitrogen and oxygen atoms in total. The highest BCUT2D eigenvalue weighted by atomic mass is 16.5. The molecule has 0 bridgehead atoms. The first-order valence-electron chi connectivity index (χ1n) is 5.73. The minimum absolute atomic E-state index is 0.0238. The number of rotatable bonds is 5. The van der Waals surface area contributed by atoms with Gasteiger partial charge in [0.2, 0.25) is 0 Å². The van der Waals surface area contributed by atoms with Gasteiger partial charge in [0, 0.05) is 12.6 Å². The number of nitrogens with two attached hydrogens (primary N) is 1. The average molecular weight is 236 g/mol. The molecule has 0 fully saturated rings. The maximum absolute atomic E-state index is 11.5. The Morgan fingerprint density at radius 3 is 2.53 bits per heavy atom. The molecule has 0 saturated carbocycles. The number of benzene rings is 1. The van der Waals surface area contributed by atoms with Crippen LogP contribution in [0.15, 0.2) is 18.2 Å². The van der Waals surface area contributed by atoms with Crippen LogP contribution in [0.5, 0.6) is 5.75 Å². The maximum atomic E-state index is 11.5. The van der Waals surface area contributed by atoms with Crippen LogP contribution >= 0.6 is 0 Å². The fourth-order valence-electron chi connectivity index (χ4n) is 1.54. The smallest absolute Gasteiger partial charge is 0.258 e. The van der Waals surface area contributed by atoms with Gasteiger partial charge in [0.1, 0.15) is 5.75 Å². The second kappa shape index (κ2) is 6.25. The van der Waals surface area contributed by atoms with Crippen molar-refractivity contribution < 1.29 is 9.53 Å². The van der Waals surface area contributed by atoms with E-state index in [9.17, 15) is 4.79 Å². The zero-order valence-electron chi connectivity index (χ0n) is 10.6. The van der Waals surface area contributed by atoms with Crippen LogP contribution in [0.3, 0.4) is 0 Å². The Kier molecular flexibility index (Phi) is 4.97. The Hall–Kier alpha value is -1.55. The van der Waals surface area contributed by atoms with Crippen LogP contribution in [-0.2, 0) is 4.79 Å². The lowest BCUT2D eigenvalue weighted by Crippen LogP contribution is -2.40.